The van der Waals surface area contributed by atoms with E-state index in [4.69, 9.17) is 4.74 Å². The van der Waals surface area contributed by atoms with Crippen LogP contribution in [0.15, 0.2) is 55.1 Å². The fraction of sp³-hybridized carbons (Fsp3) is 0.273. The lowest BCUT2D eigenvalue weighted by Crippen LogP contribution is -2.30. The molecule has 3 aromatic rings. The molecule has 1 amide bonds. The van der Waals surface area contributed by atoms with Gasteiger partial charge in [0, 0.05) is 0 Å². The van der Waals surface area contributed by atoms with Crippen LogP contribution in [0, 0.1) is 5.92 Å². The van der Waals surface area contributed by atoms with E-state index in [1.54, 1.807) is 6.08 Å². The Morgan fingerprint density at radius 3 is 2.74 bits per heavy atom. The van der Waals surface area contributed by atoms with Crippen molar-refractivity contribution >= 4 is 23.2 Å². The zero-order chi connectivity index (χ0) is 19.2. The molecule has 27 heavy (non-hydrogen) atoms. The third kappa shape index (κ3) is 4.97. The zero-order valence-electron chi connectivity index (χ0n) is 15.7. The zero-order valence-corrected chi connectivity index (χ0v) is 15.7. The first-order chi connectivity index (χ1) is 13.0. The van der Waals surface area contributed by atoms with Crippen LogP contribution in [-0.4, -0.2) is 16.1 Å². The molecule has 0 aliphatic heterocycles. The van der Waals surface area contributed by atoms with Crippen molar-refractivity contribution in [2.24, 2.45) is 5.92 Å². The van der Waals surface area contributed by atoms with Crippen molar-refractivity contribution in [3.05, 3.63) is 72.1 Å². The number of aromatic nitrogens is 2. The van der Waals surface area contributed by atoms with E-state index in [0.717, 1.165) is 34.4 Å². The number of imidazole rings is 1. The standard InChI is InChI=1S/C22H25N3O2/c1-4-16-10-11-18-19(13-16)24-21(23-18)20(12-15(2)3)25-22(26)27-14-17-8-6-5-7-9-17/h4-11,13,15,20H,1,12,14H2,2-3H3,(H,23,24)(H,25,26)/t20-/m0/s1. The predicted octanol–water partition coefficient (Wildman–Crippen LogP) is 5.22. The molecular formula is C22H25N3O2. The van der Waals surface area contributed by atoms with Crippen LogP contribution in [0.5, 0.6) is 0 Å². The SMILES string of the molecule is C=Cc1ccc2nc([C@H](CC(C)C)NC(=O)OCc3ccccc3)[nH]c2c1. The molecule has 0 aliphatic carbocycles. The van der Waals surface area contributed by atoms with E-state index in [0.29, 0.717) is 5.92 Å². The Kier molecular flexibility index (Phi) is 5.91. The van der Waals surface area contributed by atoms with Crippen molar-refractivity contribution in [1.29, 1.82) is 0 Å². The van der Waals surface area contributed by atoms with Crippen LogP contribution in [0.2, 0.25) is 0 Å². The summed E-state index contributed by atoms with van der Waals surface area (Å²) < 4.78 is 5.37. The summed E-state index contributed by atoms with van der Waals surface area (Å²) in [6, 6.07) is 15.3. The Morgan fingerprint density at radius 1 is 1.26 bits per heavy atom. The molecule has 0 saturated heterocycles. The molecule has 1 aromatic heterocycles. The van der Waals surface area contributed by atoms with Crippen LogP contribution in [0.1, 0.15) is 43.3 Å². The van der Waals surface area contributed by atoms with Crippen molar-refractivity contribution in [1.82, 2.24) is 15.3 Å². The molecule has 0 unspecified atom stereocenters. The highest BCUT2D eigenvalue weighted by Gasteiger charge is 2.20. The molecule has 0 bridgehead atoms. The number of rotatable bonds is 7. The molecule has 1 atom stereocenters. The van der Waals surface area contributed by atoms with Crippen molar-refractivity contribution in [3.8, 4) is 0 Å². The van der Waals surface area contributed by atoms with Gasteiger partial charge < -0.3 is 15.0 Å². The number of aromatic amines is 1. The van der Waals surface area contributed by atoms with E-state index in [2.05, 4.69) is 35.7 Å². The lowest BCUT2D eigenvalue weighted by Gasteiger charge is -2.18. The average molecular weight is 363 g/mol. The monoisotopic (exact) mass is 363 g/mol. The van der Waals surface area contributed by atoms with Gasteiger partial charge >= 0.3 is 6.09 Å². The Labute approximate surface area is 159 Å². The average Bonchev–Trinajstić information content (AvgIpc) is 3.09. The minimum Gasteiger partial charge on any atom is -0.445 e. The lowest BCUT2D eigenvalue weighted by molar-refractivity contribution is 0.134. The quantitative estimate of drug-likeness (QED) is 0.605. The highest BCUT2D eigenvalue weighted by Crippen LogP contribution is 2.23. The molecule has 0 saturated carbocycles. The molecule has 1 heterocycles. The summed E-state index contributed by atoms with van der Waals surface area (Å²) in [5, 5.41) is 2.95. The summed E-state index contributed by atoms with van der Waals surface area (Å²) in [6.45, 7) is 8.26. The fourth-order valence-corrected chi connectivity index (χ4v) is 2.96. The third-order valence-electron chi connectivity index (χ3n) is 4.30. The first-order valence-corrected chi connectivity index (χ1v) is 9.14. The normalized spacial score (nSPS) is 12.1. The van der Waals surface area contributed by atoms with Gasteiger partial charge in [-0.3, -0.25) is 0 Å². The molecular weight excluding hydrogens is 338 g/mol. The topological polar surface area (TPSA) is 67.0 Å². The highest BCUT2D eigenvalue weighted by molar-refractivity contribution is 5.78. The van der Waals surface area contributed by atoms with Gasteiger partial charge in [-0.25, -0.2) is 9.78 Å². The maximum atomic E-state index is 12.3. The van der Waals surface area contributed by atoms with Gasteiger partial charge in [-0.05, 0) is 35.6 Å². The Morgan fingerprint density at radius 2 is 2.04 bits per heavy atom. The smallest absolute Gasteiger partial charge is 0.408 e. The number of fused-ring (bicyclic) bond motifs is 1. The van der Waals surface area contributed by atoms with Gasteiger partial charge in [0.2, 0.25) is 0 Å². The van der Waals surface area contributed by atoms with E-state index < -0.39 is 6.09 Å². The highest BCUT2D eigenvalue weighted by atomic mass is 16.5. The maximum absolute atomic E-state index is 12.3. The summed E-state index contributed by atoms with van der Waals surface area (Å²) >= 11 is 0. The number of carbonyl (C=O) groups is 1. The van der Waals surface area contributed by atoms with Gasteiger partial charge in [-0.2, -0.15) is 0 Å². The predicted molar refractivity (Wildman–Crippen MR) is 108 cm³/mol. The van der Waals surface area contributed by atoms with Crippen LogP contribution >= 0.6 is 0 Å². The van der Waals surface area contributed by atoms with Crippen LogP contribution in [-0.2, 0) is 11.3 Å². The molecule has 5 heteroatoms. The summed E-state index contributed by atoms with van der Waals surface area (Å²) in [5.74, 6) is 1.12. The number of ether oxygens (including phenoxy) is 1. The van der Waals surface area contributed by atoms with Gasteiger partial charge in [-0.1, -0.05) is 62.9 Å². The number of H-pyrrole nitrogens is 1. The number of alkyl carbamates (subject to hydrolysis) is 1. The van der Waals surface area contributed by atoms with Crippen molar-refractivity contribution in [2.75, 3.05) is 0 Å². The maximum Gasteiger partial charge on any atom is 0.408 e. The van der Waals surface area contributed by atoms with Crippen LogP contribution in [0.4, 0.5) is 4.79 Å². The lowest BCUT2D eigenvalue weighted by atomic mass is 10.0. The Balaban J connectivity index is 1.73. The van der Waals surface area contributed by atoms with Crippen molar-refractivity contribution < 1.29 is 9.53 Å². The Bertz CT molecular complexity index is 916. The van der Waals surface area contributed by atoms with Crippen molar-refractivity contribution in [2.45, 2.75) is 32.9 Å². The summed E-state index contributed by atoms with van der Waals surface area (Å²) in [4.78, 5) is 20.3. The molecule has 2 aromatic carbocycles. The van der Waals surface area contributed by atoms with E-state index in [1.807, 2.05) is 48.5 Å². The molecule has 2 N–H and O–H groups in total. The number of hydrogen-bond donors (Lipinski definition) is 2. The van der Waals surface area contributed by atoms with Gasteiger partial charge in [0.1, 0.15) is 12.4 Å². The number of nitrogens with zero attached hydrogens (tertiary/aromatic N) is 1. The second kappa shape index (κ2) is 8.54. The molecule has 5 nitrogen and oxygen atoms in total. The number of hydrogen-bond acceptors (Lipinski definition) is 3. The van der Waals surface area contributed by atoms with E-state index in [9.17, 15) is 4.79 Å². The first-order valence-electron chi connectivity index (χ1n) is 9.14. The fourth-order valence-electron chi connectivity index (χ4n) is 2.96. The molecule has 140 valence electrons. The molecule has 0 aliphatic rings. The van der Waals surface area contributed by atoms with Crippen LogP contribution in [0.25, 0.3) is 17.1 Å². The van der Waals surface area contributed by atoms with Crippen LogP contribution < -0.4 is 5.32 Å². The minimum absolute atomic E-state index is 0.240. The second-order valence-electron chi connectivity index (χ2n) is 6.99. The van der Waals surface area contributed by atoms with Gasteiger partial charge in [-0.15, -0.1) is 0 Å². The minimum atomic E-state index is -0.447. The Hall–Kier alpha value is -3.08. The van der Waals surface area contributed by atoms with E-state index in [1.165, 1.54) is 0 Å². The second-order valence-corrected chi connectivity index (χ2v) is 6.99. The molecule has 3 rings (SSSR count). The number of benzene rings is 2. The summed E-state index contributed by atoms with van der Waals surface area (Å²) in [6.07, 6.45) is 2.11. The third-order valence-corrected chi connectivity index (χ3v) is 4.30. The summed E-state index contributed by atoms with van der Waals surface area (Å²) in [7, 11) is 0. The van der Waals surface area contributed by atoms with Crippen molar-refractivity contribution in [3.63, 3.8) is 0 Å². The molecule has 0 spiro atoms. The van der Waals surface area contributed by atoms with Gasteiger partial charge in [0.05, 0.1) is 17.1 Å². The largest absolute Gasteiger partial charge is 0.445 e. The first kappa shape index (κ1) is 18.7. The number of amides is 1. The number of carbonyl (C=O) groups excluding carboxylic acids is 1. The molecule has 0 fully saturated rings. The number of nitrogens with one attached hydrogen (secondary N) is 2. The van der Waals surface area contributed by atoms with Gasteiger partial charge in [0.25, 0.3) is 0 Å². The van der Waals surface area contributed by atoms with E-state index in [-0.39, 0.29) is 12.6 Å². The van der Waals surface area contributed by atoms with Crippen LogP contribution in [0.3, 0.4) is 0 Å². The van der Waals surface area contributed by atoms with E-state index >= 15 is 0 Å². The summed E-state index contributed by atoms with van der Waals surface area (Å²) in [5.41, 5.74) is 3.77. The van der Waals surface area contributed by atoms with Gasteiger partial charge in [0.15, 0.2) is 0 Å². The molecule has 0 radical (unpaired) electrons.